The third-order valence-electron chi connectivity index (χ3n) is 0. The summed E-state index contributed by atoms with van der Waals surface area (Å²) in [7, 11) is 0. The van der Waals surface area contributed by atoms with Crippen molar-refractivity contribution in [2.75, 3.05) is 0 Å². The number of hydrogen-bond donors (Lipinski definition) is 4. The van der Waals surface area contributed by atoms with Crippen LogP contribution in [0.2, 0.25) is 0 Å². The van der Waals surface area contributed by atoms with Crippen molar-refractivity contribution in [3.05, 3.63) is 0 Å². The number of thiol groups is 4. The Morgan fingerprint density at radius 1 is 0.833 bits per heavy atom. The fourth-order valence-corrected chi connectivity index (χ4v) is 0. The molecule has 34 valence electrons. The van der Waals surface area contributed by atoms with Gasteiger partial charge in [-0.15, -0.1) is 50.5 Å². The van der Waals surface area contributed by atoms with E-state index in [9.17, 15) is 0 Å². The molecule has 6 heavy (non-hydrogen) atoms. The topological polar surface area (TPSA) is 0 Å². The van der Waals surface area contributed by atoms with Gasteiger partial charge in [-0.2, -0.15) is 0 Å². The van der Waals surface area contributed by atoms with E-state index in [0.717, 1.165) is 0 Å². The Hall–Kier alpha value is 2.40. The van der Waals surface area contributed by atoms with E-state index in [1.807, 2.05) is 0 Å². The van der Waals surface area contributed by atoms with Crippen LogP contribution in [0.3, 0.4) is 0 Å². The van der Waals surface area contributed by atoms with Crippen LogP contribution in [0.5, 0.6) is 0 Å². The third kappa shape index (κ3) is 32.4. The van der Waals surface area contributed by atoms with Crippen LogP contribution in [0.1, 0.15) is 0 Å². The molecule has 0 aliphatic heterocycles. The molecule has 0 saturated carbocycles. The van der Waals surface area contributed by atoms with Crippen LogP contribution in [0, 0.1) is 0 Å². The maximum absolute atomic E-state index is 3.72. The van der Waals surface area contributed by atoms with Crippen molar-refractivity contribution >= 4 is 80.1 Å². The Morgan fingerprint density at radius 3 is 0.833 bits per heavy atom. The van der Waals surface area contributed by atoms with Crippen LogP contribution < -0.4 is 0 Å². The molecule has 0 unspecified atom stereocenters. The first-order valence-electron chi connectivity index (χ1n) is 0.894. The van der Waals surface area contributed by atoms with E-state index in [-0.39, 0.29) is 29.6 Å². The molecule has 0 heterocycles. The summed E-state index contributed by atoms with van der Waals surface area (Å²) in [4.78, 5) is 0. The zero-order valence-corrected chi connectivity index (χ0v) is 5.87. The molecular formula is CH5NaS4. The molecule has 0 aromatic carbocycles. The fourth-order valence-electron chi connectivity index (χ4n) is 0. The first-order chi connectivity index (χ1) is 2.00. The van der Waals surface area contributed by atoms with Crippen LogP contribution in [0.4, 0.5) is 0 Å². The van der Waals surface area contributed by atoms with Crippen LogP contribution in [0.15, 0.2) is 0 Å². The van der Waals surface area contributed by atoms with Crippen molar-refractivity contribution < 1.29 is 0 Å². The molecule has 0 aliphatic rings. The summed E-state index contributed by atoms with van der Waals surface area (Å²) in [6.45, 7) is 0. The summed E-state index contributed by atoms with van der Waals surface area (Å²) < 4.78 is -0.722. The molecule has 0 radical (unpaired) electrons. The zero-order chi connectivity index (χ0) is 4.50. The minimum absolute atomic E-state index is 0. The van der Waals surface area contributed by atoms with Crippen LogP contribution in [0.25, 0.3) is 0 Å². The average Bonchev–Trinajstić information content (AvgIpc) is 0.722. The fraction of sp³-hybridized carbons (Fsp3) is 1.00. The Kier molecular flexibility index (Phi) is 8.04. The van der Waals surface area contributed by atoms with Crippen molar-refractivity contribution in [1.29, 1.82) is 0 Å². The standard InChI is InChI=1S/CH4S4.Na.H/c2-1(3,4)5;;/h2-5H;;. The van der Waals surface area contributed by atoms with Gasteiger partial charge in [-0.25, -0.2) is 0 Å². The summed E-state index contributed by atoms with van der Waals surface area (Å²) >= 11 is 14.9. The molecule has 0 rings (SSSR count). The van der Waals surface area contributed by atoms with Gasteiger partial charge in [0.1, 0.15) is 2.74 Å². The van der Waals surface area contributed by atoms with Gasteiger partial charge in [-0.3, -0.25) is 0 Å². The van der Waals surface area contributed by atoms with Crippen molar-refractivity contribution in [2.45, 2.75) is 2.74 Å². The van der Waals surface area contributed by atoms with E-state index in [2.05, 4.69) is 50.5 Å². The van der Waals surface area contributed by atoms with Gasteiger partial charge in [-0.1, -0.05) is 0 Å². The molecule has 0 aliphatic carbocycles. The maximum atomic E-state index is 3.72. The third-order valence-corrected chi connectivity index (χ3v) is 0. The quantitative estimate of drug-likeness (QED) is 0.228. The van der Waals surface area contributed by atoms with E-state index < -0.39 is 2.74 Å². The van der Waals surface area contributed by atoms with E-state index in [4.69, 9.17) is 0 Å². The van der Waals surface area contributed by atoms with Gasteiger partial charge in [-0.05, 0) is 0 Å². The second-order valence-corrected chi connectivity index (χ2v) is 5.40. The van der Waals surface area contributed by atoms with Gasteiger partial charge in [0.05, 0.1) is 0 Å². The molecule has 0 amide bonds. The van der Waals surface area contributed by atoms with E-state index >= 15 is 0 Å². The normalized spacial score (nSPS) is 10.0. The van der Waals surface area contributed by atoms with Crippen LogP contribution in [-0.2, 0) is 0 Å². The second kappa shape index (κ2) is 4.30. The van der Waals surface area contributed by atoms with Gasteiger partial charge >= 0.3 is 29.6 Å². The molecule has 0 N–H and O–H groups in total. The van der Waals surface area contributed by atoms with E-state index in [0.29, 0.717) is 0 Å². The first-order valence-corrected chi connectivity index (χ1v) is 2.68. The Bertz CT molecular complexity index is 23.0. The number of hydrogen-bond acceptors (Lipinski definition) is 4. The monoisotopic (exact) mass is 168 g/mol. The van der Waals surface area contributed by atoms with E-state index in [1.54, 1.807) is 0 Å². The predicted molar refractivity (Wildman–Crippen MR) is 45.8 cm³/mol. The molecule has 5 heteroatoms. The summed E-state index contributed by atoms with van der Waals surface area (Å²) in [5.74, 6) is 0. The van der Waals surface area contributed by atoms with Crippen molar-refractivity contribution in [3.63, 3.8) is 0 Å². The van der Waals surface area contributed by atoms with Gasteiger partial charge < -0.3 is 0 Å². The molecule has 0 atom stereocenters. The molecule has 0 bridgehead atoms. The van der Waals surface area contributed by atoms with Gasteiger partial charge in [0.2, 0.25) is 0 Å². The summed E-state index contributed by atoms with van der Waals surface area (Å²) in [6, 6.07) is 0. The van der Waals surface area contributed by atoms with Gasteiger partial charge in [0, 0.05) is 0 Å². The second-order valence-electron chi connectivity index (χ2n) is 0.600. The molecule has 0 aromatic heterocycles. The van der Waals surface area contributed by atoms with Gasteiger partial charge in [0.25, 0.3) is 0 Å². The average molecular weight is 168 g/mol. The Labute approximate surface area is 81.8 Å². The number of rotatable bonds is 0. The van der Waals surface area contributed by atoms with Crippen molar-refractivity contribution in [2.24, 2.45) is 0 Å². The minimum atomic E-state index is -0.722. The molecule has 0 spiro atoms. The summed E-state index contributed by atoms with van der Waals surface area (Å²) in [6.07, 6.45) is 0. The van der Waals surface area contributed by atoms with Gasteiger partial charge in [0.15, 0.2) is 0 Å². The summed E-state index contributed by atoms with van der Waals surface area (Å²) in [5.41, 5.74) is 0. The zero-order valence-electron chi connectivity index (χ0n) is 2.29. The van der Waals surface area contributed by atoms with Crippen molar-refractivity contribution in [3.8, 4) is 0 Å². The molecule has 0 nitrogen and oxygen atoms in total. The predicted octanol–water partition coefficient (Wildman–Crippen LogP) is 0.668. The Morgan fingerprint density at radius 2 is 0.833 bits per heavy atom. The molecule has 0 aromatic rings. The molecule has 0 fully saturated rings. The molecule has 0 saturated heterocycles. The van der Waals surface area contributed by atoms with Crippen LogP contribution in [-0.4, -0.2) is 32.3 Å². The van der Waals surface area contributed by atoms with Crippen LogP contribution >= 0.6 is 50.5 Å². The SMILES string of the molecule is SC(S)(S)S.[NaH]. The summed E-state index contributed by atoms with van der Waals surface area (Å²) in [5, 5.41) is 0. The van der Waals surface area contributed by atoms with E-state index in [1.165, 1.54) is 0 Å². The Balaban J connectivity index is 0. The first kappa shape index (κ1) is 11.2. The van der Waals surface area contributed by atoms with Crippen molar-refractivity contribution in [1.82, 2.24) is 0 Å². The molecular weight excluding hydrogens is 163 g/mol.